The smallest absolute Gasteiger partial charge is 0.345 e. The monoisotopic (exact) mass is 330 g/mol. The number of likely N-dealkylation sites (tertiary alicyclic amines) is 1. The van der Waals surface area contributed by atoms with Gasteiger partial charge in [-0.2, -0.15) is 5.10 Å². The first-order valence-electron chi connectivity index (χ1n) is 8.06. The molecule has 0 spiro atoms. The summed E-state index contributed by atoms with van der Waals surface area (Å²) < 4.78 is 8.23. The van der Waals surface area contributed by atoms with Gasteiger partial charge in [0, 0.05) is 31.7 Å². The molecule has 1 saturated heterocycles. The SMILES string of the molecule is COc1ccc(C(=O)N2CCC(n3c(C)nn(C)c3=O)CC2)cc1. The van der Waals surface area contributed by atoms with E-state index in [1.165, 1.54) is 4.68 Å². The summed E-state index contributed by atoms with van der Waals surface area (Å²) in [5, 5.41) is 4.18. The molecule has 7 nitrogen and oxygen atoms in total. The topological polar surface area (TPSA) is 69.4 Å². The van der Waals surface area contributed by atoms with Crippen LogP contribution in [0.1, 0.15) is 35.1 Å². The third kappa shape index (κ3) is 2.93. The van der Waals surface area contributed by atoms with Crippen LogP contribution in [0.3, 0.4) is 0 Å². The van der Waals surface area contributed by atoms with Gasteiger partial charge in [0.25, 0.3) is 5.91 Å². The largest absolute Gasteiger partial charge is 0.497 e. The number of carbonyl (C=O) groups excluding carboxylic acids is 1. The molecule has 0 aliphatic carbocycles. The highest BCUT2D eigenvalue weighted by atomic mass is 16.5. The number of hydrogen-bond donors (Lipinski definition) is 0. The van der Waals surface area contributed by atoms with Gasteiger partial charge in [-0.25, -0.2) is 9.48 Å². The summed E-state index contributed by atoms with van der Waals surface area (Å²) in [4.78, 5) is 26.6. The minimum absolute atomic E-state index is 0.0198. The predicted octanol–water partition coefficient (Wildman–Crippen LogP) is 1.38. The maximum absolute atomic E-state index is 12.6. The first-order chi connectivity index (χ1) is 11.5. The lowest BCUT2D eigenvalue weighted by Crippen LogP contribution is -2.41. The fourth-order valence-corrected chi connectivity index (χ4v) is 3.27. The molecule has 1 aromatic carbocycles. The van der Waals surface area contributed by atoms with Crippen molar-refractivity contribution in [1.29, 1.82) is 0 Å². The van der Waals surface area contributed by atoms with E-state index in [1.807, 2.05) is 11.8 Å². The summed E-state index contributed by atoms with van der Waals surface area (Å²) >= 11 is 0. The van der Waals surface area contributed by atoms with E-state index in [-0.39, 0.29) is 17.6 Å². The molecule has 0 atom stereocenters. The highest BCUT2D eigenvalue weighted by Gasteiger charge is 2.27. The Balaban J connectivity index is 1.68. The zero-order valence-electron chi connectivity index (χ0n) is 14.2. The number of aromatic nitrogens is 3. The first-order valence-corrected chi connectivity index (χ1v) is 8.06. The third-order valence-electron chi connectivity index (χ3n) is 4.58. The minimum Gasteiger partial charge on any atom is -0.497 e. The van der Waals surface area contributed by atoms with E-state index in [4.69, 9.17) is 4.74 Å². The highest BCUT2D eigenvalue weighted by Crippen LogP contribution is 2.23. The maximum atomic E-state index is 12.6. The lowest BCUT2D eigenvalue weighted by molar-refractivity contribution is 0.0692. The number of methoxy groups -OCH3 is 1. The van der Waals surface area contributed by atoms with Gasteiger partial charge in [-0.15, -0.1) is 0 Å². The number of hydrogen-bond acceptors (Lipinski definition) is 4. The van der Waals surface area contributed by atoms with Crippen molar-refractivity contribution in [2.45, 2.75) is 25.8 Å². The van der Waals surface area contributed by atoms with E-state index < -0.39 is 0 Å². The molecule has 1 aliphatic rings. The Labute approximate surface area is 140 Å². The predicted molar refractivity (Wildman–Crippen MR) is 89.4 cm³/mol. The second-order valence-corrected chi connectivity index (χ2v) is 6.08. The van der Waals surface area contributed by atoms with Gasteiger partial charge in [0.15, 0.2) is 0 Å². The molecule has 0 N–H and O–H groups in total. The summed E-state index contributed by atoms with van der Waals surface area (Å²) in [5.74, 6) is 1.48. The number of rotatable bonds is 3. The van der Waals surface area contributed by atoms with Crippen LogP contribution in [0.4, 0.5) is 0 Å². The minimum atomic E-state index is -0.0903. The first kappa shape index (κ1) is 16.3. The molecule has 24 heavy (non-hydrogen) atoms. The van der Waals surface area contributed by atoms with Gasteiger partial charge in [0.05, 0.1) is 7.11 Å². The standard InChI is InChI=1S/C17H22N4O3/c1-12-18-19(2)17(23)21(12)14-8-10-20(11-9-14)16(22)13-4-6-15(24-3)7-5-13/h4-7,14H,8-11H2,1-3H3. The van der Waals surface area contributed by atoms with Crippen molar-refractivity contribution in [2.24, 2.45) is 7.05 Å². The third-order valence-corrected chi connectivity index (χ3v) is 4.58. The van der Waals surface area contributed by atoms with Crippen LogP contribution < -0.4 is 10.4 Å². The fourth-order valence-electron chi connectivity index (χ4n) is 3.27. The number of nitrogens with zero attached hydrogens (tertiary/aromatic N) is 4. The lowest BCUT2D eigenvalue weighted by atomic mass is 10.0. The van der Waals surface area contributed by atoms with Gasteiger partial charge in [-0.1, -0.05) is 0 Å². The van der Waals surface area contributed by atoms with Crippen LogP contribution in [0.25, 0.3) is 0 Å². The Bertz CT molecular complexity index is 783. The second-order valence-electron chi connectivity index (χ2n) is 6.08. The van der Waals surface area contributed by atoms with Gasteiger partial charge >= 0.3 is 5.69 Å². The number of benzene rings is 1. The molecule has 0 unspecified atom stereocenters. The molecular weight excluding hydrogens is 308 g/mol. The van der Waals surface area contributed by atoms with Crippen LogP contribution in [0.5, 0.6) is 5.75 Å². The molecule has 2 aromatic rings. The summed E-state index contributed by atoms with van der Waals surface area (Å²) in [5.41, 5.74) is 0.566. The van der Waals surface area contributed by atoms with E-state index in [2.05, 4.69) is 5.10 Å². The van der Waals surface area contributed by atoms with Gasteiger partial charge in [0.2, 0.25) is 0 Å². The molecule has 2 heterocycles. The Morgan fingerprint density at radius 2 is 1.83 bits per heavy atom. The van der Waals surface area contributed by atoms with Gasteiger partial charge in [0.1, 0.15) is 11.6 Å². The summed E-state index contributed by atoms with van der Waals surface area (Å²) in [6.07, 6.45) is 1.52. The van der Waals surface area contributed by atoms with Crippen LogP contribution in [-0.2, 0) is 7.05 Å². The van der Waals surface area contributed by atoms with E-state index in [9.17, 15) is 9.59 Å². The Hall–Kier alpha value is -2.57. The summed E-state index contributed by atoms with van der Waals surface area (Å²) in [6, 6.07) is 7.24. The van der Waals surface area contributed by atoms with Crippen molar-refractivity contribution < 1.29 is 9.53 Å². The molecule has 1 fully saturated rings. The van der Waals surface area contributed by atoms with E-state index in [0.717, 1.165) is 24.4 Å². The molecule has 0 radical (unpaired) electrons. The Morgan fingerprint density at radius 1 is 1.21 bits per heavy atom. The van der Waals surface area contributed by atoms with Crippen LogP contribution in [0.15, 0.2) is 29.1 Å². The van der Waals surface area contributed by atoms with E-state index >= 15 is 0 Å². The number of piperidine rings is 1. The number of ether oxygens (including phenoxy) is 1. The van der Waals surface area contributed by atoms with Crippen molar-refractivity contribution in [3.05, 3.63) is 46.1 Å². The van der Waals surface area contributed by atoms with Crippen LogP contribution in [-0.4, -0.2) is 45.4 Å². The molecule has 1 aliphatic heterocycles. The molecule has 7 heteroatoms. The zero-order valence-corrected chi connectivity index (χ0v) is 14.2. The Kier molecular flexibility index (Phi) is 4.42. The summed E-state index contributed by atoms with van der Waals surface area (Å²) in [6.45, 7) is 3.11. The molecule has 3 rings (SSSR count). The molecular formula is C17H22N4O3. The van der Waals surface area contributed by atoms with Crippen molar-refractivity contribution in [1.82, 2.24) is 19.2 Å². The number of carbonyl (C=O) groups is 1. The quantitative estimate of drug-likeness (QED) is 0.852. The highest BCUT2D eigenvalue weighted by molar-refractivity contribution is 5.94. The second kappa shape index (κ2) is 6.51. The van der Waals surface area contributed by atoms with Crippen LogP contribution >= 0.6 is 0 Å². The van der Waals surface area contributed by atoms with E-state index in [1.54, 1.807) is 43.0 Å². The van der Waals surface area contributed by atoms with Crippen molar-refractivity contribution >= 4 is 5.91 Å². The average Bonchev–Trinajstić information content (AvgIpc) is 2.87. The molecule has 0 bridgehead atoms. The molecule has 0 saturated carbocycles. The number of aryl methyl sites for hydroxylation is 2. The maximum Gasteiger partial charge on any atom is 0.345 e. The van der Waals surface area contributed by atoms with E-state index in [0.29, 0.717) is 18.7 Å². The van der Waals surface area contributed by atoms with Gasteiger partial charge in [-0.3, -0.25) is 9.36 Å². The van der Waals surface area contributed by atoms with Crippen LogP contribution in [0, 0.1) is 6.92 Å². The van der Waals surface area contributed by atoms with Gasteiger partial charge < -0.3 is 9.64 Å². The molecule has 128 valence electrons. The fraction of sp³-hybridized carbons (Fsp3) is 0.471. The normalized spacial score (nSPS) is 15.5. The van der Waals surface area contributed by atoms with Gasteiger partial charge in [-0.05, 0) is 44.0 Å². The van der Waals surface area contributed by atoms with Crippen molar-refractivity contribution in [2.75, 3.05) is 20.2 Å². The summed E-state index contributed by atoms with van der Waals surface area (Å²) in [7, 11) is 3.26. The van der Waals surface area contributed by atoms with Crippen molar-refractivity contribution in [3.63, 3.8) is 0 Å². The molecule has 1 aromatic heterocycles. The lowest BCUT2D eigenvalue weighted by Gasteiger charge is -2.32. The molecule has 1 amide bonds. The van der Waals surface area contributed by atoms with Crippen molar-refractivity contribution in [3.8, 4) is 5.75 Å². The van der Waals surface area contributed by atoms with Crippen LogP contribution in [0.2, 0.25) is 0 Å². The average molecular weight is 330 g/mol. The Morgan fingerprint density at radius 3 is 2.33 bits per heavy atom. The zero-order chi connectivity index (χ0) is 17.3. The number of amides is 1.